The molecule has 6 nitrogen and oxygen atoms in total. The number of nitrogens with one attached hydrogen (secondary N) is 1. The second kappa shape index (κ2) is 10.6. The van der Waals surface area contributed by atoms with Crippen LogP contribution in [0.4, 0.5) is 5.69 Å². The lowest BCUT2D eigenvalue weighted by atomic mass is 10.0. The van der Waals surface area contributed by atoms with Gasteiger partial charge in [-0.25, -0.2) is 8.42 Å². The van der Waals surface area contributed by atoms with Crippen molar-refractivity contribution in [2.45, 2.75) is 36.1 Å². The van der Waals surface area contributed by atoms with E-state index in [9.17, 15) is 18.3 Å². The molecule has 2 N–H and O–H groups in total. The molecule has 1 saturated heterocycles. The zero-order chi connectivity index (χ0) is 26.1. The molecule has 1 aliphatic rings. The van der Waals surface area contributed by atoms with Crippen LogP contribution in [0.15, 0.2) is 71.6 Å². The zero-order valence-corrected chi connectivity index (χ0v) is 22.9. The highest BCUT2D eigenvalue weighted by molar-refractivity contribution is 8.00. The first kappa shape index (κ1) is 26.8. The summed E-state index contributed by atoms with van der Waals surface area (Å²) in [5, 5.41) is 14.1. The number of carboxylic acid groups (broad SMARTS) is 1. The van der Waals surface area contributed by atoms with Crippen molar-refractivity contribution in [3.63, 3.8) is 0 Å². The number of rotatable bonds is 7. The molecule has 1 heterocycles. The third-order valence-electron chi connectivity index (χ3n) is 6.13. The predicted octanol–water partition coefficient (Wildman–Crippen LogP) is 6.24. The minimum absolute atomic E-state index is 0.0858. The molecule has 0 aliphatic carbocycles. The van der Waals surface area contributed by atoms with Crippen molar-refractivity contribution in [2.75, 3.05) is 17.6 Å². The number of carboxylic acids is 1. The maximum Gasteiger partial charge on any atom is 0.323 e. The number of benzene rings is 3. The Hall–Kier alpha value is -2.23. The normalized spacial score (nSPS) is 18.1. The summed E-state index contributed by atoms with van der Waals surface area (Å²) in [6.07, 6.45) is 0. The molecule has 0 spiro atoms. The Kier molecular flexibility index (Phi) is 7.92. The molecule has 0 saturated carbocycles. The molecule has 1 unspecified atom stereocenters. The molecule has 4 rings (SSSR count). The first-order chi connectivity index (χ1) is 17.0. The van der Waals surface area contributed by atoms with Gasteiger partial charge in [0, 0.05) is 29.3 Å². The number of anilines is 1. The average molecular weight is 566 g/mol. The van der Waals surface area contributed by atoms with Gasteiger partial charge in [-0.15, -0.1) is 0 Å². The van der Waals surface area contributed by atoms with Gasteiger partial charge in [-0.2, -0.15) is 16.1 Å². The highest BCUT2D eigenvalue weighted by Gasteiger charge is 2.48. The lowest BCUT2D eigenvalue weighted by molar-refractivity contribution is -0.142. The van der Waals surface area contributed by atoms with Gasteiger partial charge in [-0.3, -0.25) is 4.79 Å². The van der Waals surface area contributed by atoms with Gasteiger partial charge in [0.2, 0.25) is 10.0 Å². The molecule has 0 amide bonds. The van der Waals surface area contributed by atoms with Gasteiger partial charge < -0.3 is 10.4 Å². The van der Waals surface area contributed by atoms with Crippen molar-refractivity contribution in [3.8, 4) is 11.1 Å². The first-order valence-electron chi connectivity index (χ1n) is 11.3. The Morgan fingerprint density at radius 3 is 2.22 bits per heavy atom. The summed E-state index contributed by atoms with van der Waals surface area (Å²) in [7, 11) is -3.96. The van der Waals surface area contributed by atoms with Crippen LogP contribution in [0.1, 0.15) is 19.4 Å². The molecule has 1 aliphatic heterocycles. The summed E-state index contributed by atoms with van der Waals surface area (Å²) in [5.41, 5.74) is 3.74. The molecule has 1 atom stereocenters. The standard InChI is InChI=1S/C26H26Cl2N2O4S2/c1-26(2)24(25(31)32)30(13-14-35-26)36(33,34)21-10-7-19(8-11-21)18-5-3-17(4-6-18)16-29-20-9-12-22(27)23(28)15-20/h3-12,15,24,29H,13-14,16H2,1-2H3,(H,31,32). The van der Waals surface area contributed by atoms with Crippen molar-refractivity contribution in [2.24, 2.45) is 0 Å². The summed E-state index contributed by atoms with van der Waals surface area (Å²) < 4.78 is 27.1. The number of thioether (sulfide) groups is 1. The number of hydrogen-bond acceptors (Lipinski definition) is 5. The average Bonchev–Trinajstić information content (AvgIpc) is 2.84. The van der Waals surface area contributed by atoms with E-state index in [0.29, 0.717) is 22.3 Å². The van der Waals surface area contributed by atoms with Crippen LogP contribution in [0.3, 0.4) is 0 Å². The van der Waals surface area contributed by atoms with E-state index in [1.165, 1.54) is 23.9 Å². The van der Waals surface area contributed by atoms with Gasteiger partial charge in [-0.1, -0.05) is 59.6 Å². The zero-order valence-electron chi connectivity index (χ0n) is 19.7. The fourth-order valence-electron chi connectivity index (χ4n) is 4.21. The Bertz CT molecular complexity index is 1360. The maximum atomic E-state index is 13.3. The highest BCUT2D eigenvalue weighted by Crippen LogP contribution is 2.38. The van der Waals surface area contributed by atoms with E-state index in [-0.39, 0.29) is 11.4 Å². The van der Waals surface area contributed by atoms with Crippen LogP contribution in [0.25, 0.3) is 11.1 Å². The fraction of sp³-hybridized carbons (Fsp3) is 0.269. The van der Waals surface area contributed by atoms with E-state index in [4.69, 9.17) is 23.2 Å². The Morgan fingerprint density at radius 2 is 1.64 bits per heavy atom. The summed E-state index contributed by atoms with van der Waals surface area (Å²) >= 11 is 13.5. The number of halogens is 2. The summed E-state index contributed by atoms with van der Waals surface area (Å²) in [5.74, 6) is -0.596. The van der Waals surface area contributed by atoms with Gasteiger partial charge in [0.1, 0.15) is 6.04 Å². The number of aliphatic carboxylic acids is 1. The third-order valence-corrected chi connectivity index (χ3v) is 10.1. The minimum Gasteiger partial charge on any atom is -0.480 e. The number of hydrogen-bond donors (Lipinski definition) is 2. The molecule has 1 fully saturated rings. The first-order valence-corrected chi connectivity index (χ1v) is 14.4. The Morgan fingerprint density at radius 1 is 1.03 bits per heavy atom. The van der Waals surface area contributed by atoms with Gasteiger partial charge in [-0.05, 0) is 60.9 Å². The number of carbonyl (C=O) groups is 1. The van der Waals surface area contributed by atoms with Gasteiger partial charge in [0.25, 0.3) is 0 Å². The van der Waals surface area contributed by atoms with Gasteiger partial charge in [0.15, 0.2) is 0 Å². The number of nitrogens with zero attached hydrogens (tertiary/aromatic N) is 1. The molecule has 0 radical (unpaired) electrons. The molecule has 3 aromatic carbocycles. The lowest BCUT2D eigenvalue weighted by Crippen LogP contribution is -2.58. The van der Waals surface area contributed by atoms with Crippen LogP contribution < -0.4 is 5.32 Å². The summed E-state index contributed by atoms with van der Waals surface area (Å²) in [6, 6.07) is 18.8. The quantitative estimate of drug-likeness (QED) is 0.353. The van der Waals surface area contributed by atoms with Crippen LogP contribution in [0, 0.1) is 0 Å². The highest BCUT2D eigenvalue weighted by atomic mass is 35.5. The summed E-state index contributed by atoms with van der Waals surface area (Å²) in [6.45, 7) is 4.30. The van der Waals surface area contributed by atoms with Crippen LogP contribution in [-0.2, 0) is 21.4 Å². The van der Waals surface area contributed by atoms with Crippen LogP contribution in [0.5, 0.6) is 0 Å². The van der Waals surface area contributed by atoms with Crippen molar-refractivity contribution in [1.29, 1.82) is 0 Å². The van der Waals surface area contributed by atoms with Crippen LogP contribution >= 0.6 is 35.0 Å². The molecule has 3 aromatic rings. The number of sulfonamides is 1. The predicted molar refractivity (Wildman–Crippen MR) is 148 cm³/mol. The molecule has 36 heavy (non-hydrogen) atoms. The molecule has 0 bridgehead atoms. The van der Waals surface area contributed by atoms with E-state index >= 15 is 0 Å². The van der Waals surface area contributed by atoms with Gasteiger partial charge >= 0.3 is 5.97 Å². The SMILES string of the molecule is CC1(C)SCCN(S(=O)(=O)c2ccc(-c3ccc(CNc4ccc(Cl)c(Cl)c4)cc3)cc2)C1C(=O)O. The molecular weight excluding hydrogens is 539 g/mol. The largest absolute Gasteiger partial charge is 0.480 e. The Labute approximate surface area is 225 Å². The summed E-state index contributed by atoms with van der Waals surface area (Å²) in [4.78, 5) is 12.0. The molecular formula is C26H26Cl2N2O4S2. The topological polar surface area (TPSA) is 86.7 Å². The van der Waals surface area contributed by atoms with Crippen LogP contribution in [-0.4, -0.2) is 46.9 Å². The van der Waals surface area contributed by atoms with Crippen molar-refractivity contribution in [1.82, 2.24) is 4.31 Å². The van der Waals surface area contributed by atoms with E-state index in [0.717, 1.165) is 26.7 Å². The van der Waals surface area contributed by atoms with Gasteiger partial charge in [0.05, 0.1) is 14.9 Å². The van der Waals surface area contributed by atoms with E-state index in [1.807, 2.05) is 30.3 Å². The van der Waals surface area contributed by atoms with Crippen molar-refractivity contribution >= 4 is 56.6 Å². The van der Waals surface area contributed by atoms with Crippen molar-refractivity contribution in [3.05, 3.63) is 82.3 Å². The minimum atomic E-state index is -3.96. The second-order valence-corrected chi connectivity index (χ2v) is 13.5. The van der Waals surface area contributed by atoms with E-state index in [1.54, 1.807) is 38.1 Å². The monoisotopic (exact) mass is 564 g/mol. The maximum absolute atomic E-state index is 13.3. The van der Waals surface area contributed by atoms with Crippen molar-refractivity contribution < 1.29 is 18.3 Å². The molecule has 10 heteroatoms. The van der Waals surface area contributed by atoms with Crippen LogP contribution in [0.2, 0.25) is 10.0 Å². The lowest BCUT2D eigenvalue weighted by Gasteiger charge is -2.42. The fourth-order valence-corrected chi connectivity index (χ4v) is 7.61. The Balaban J connectivity index is 1.48. The van der Waals surface area contributed by atoms with E-state index < -0.39 is 26.8 Å². The van der Waals surface area contributed by atoms with E-state index in [2.05, 4.69) is 5.32 Å². The second-order valence-electron chi connectivity index (χ2n) is 9.01. The molecule has 0 aromatic heterocycles. The smallest absolute Gasteiger partial charge is 0.323 e. The third kappa shape index (κ3) is 5.68. The molecule has 190 valence electrons.